The van der Waals surface area contributed by atoms with Crippen LogP contribution in [0.2, 0.25) is 0 Å². The standard InChI is InChI=1S/C42H38N6O8.Fe/c1-7-25-21(3)29-17-30-23(5)27(9-15-41(53)55-47-37(49)11-12-38(47)50)35(45-30)20-36-28(10-16-42(54)56-48-39(51)13-14-40(48)52)24(6)32(46-36)19-34-26(8-2)22(4)31(44-34)18-33(25)43-29;/h7-8,17-20H,1-2,9-16H2,3-6H3;/q-2;+2. The molecule has 0 spiro atoms. The van der Waals surface area contributed by atoms with Crippen LogP contribution in [0.1, 0.15) is 104 Å². The maximum absolute atomic E-state index is 13.0. The second-order valence-corrected chi connectivity index (χ2v) is 13.9. The number of nitrogens with zero attached hydrogens (tertiary/aromatic N) is 6. The Kier molecular flexibility index (Phi) is 11.4. The molecule has 0 unspecified atom stereocenters. The number of aromatic nitrogens is 4. The van der Waals surface area contributed by atoms with Crippen molar-refractivity contribution in [2.24, 2.45) is 0 Å². The van der Waals surface area contributed by atoms with E-state index in [1.54, 1.807) is 18.2 Å². The summed E-state index contributed by atoms with van der Waals surface area (Å²) in [4.78, 5) is 105. The first-order valence-corrected chi connectivity index (χ1v) is 18.2. The van der Waals surface area contributed by atoms with E-state index >= 15 is 0 Å². The van der Waals surface area contributed by atoms with Crippen molar-refractivity contribution in [2.75, 3.05) is 0 Å². The van der Waals surface area contributed by atoms with E-state index in [1.165, 1.54) is 0 Å². The molecule has 2 fully saturated rings. The Balaban J connectivity index is 0.00000549. The van der Waals surface area contributed by atoms with Gasteiger partial charge in [-0.05, 0) is 62.8 Å². The Morgan fingerprint density at radius 3 is 1.70 bits per heavy atom. The number of fused-ring (bicyclic) bond motifs is 8. The largest absolute Gasteiger partial charge is 2.00 e. The number of imide groups is 2. The fraction of sp³-hybridized carbons (Fsp3) is 0.286. The molecule has 4 aliphatic heterocycles. The number of allylic oxidation sites excluding steroid dienone is 5. The van der Waals surface area contributed by atoms with E-state index in [2.05, 4.69) is 13.2 Å². The van der Waals surface area contributed by atoms with Gasteiger partial charge in [0.15, 0.2) is 0 Å². The zero-order valence-electron chi connectivity index (χ0n) is 31.8. The third-order valence-corrected chi connectivity index (χ3v) is 10.4. The Morgan fingerprint density at radius 2 is 1.12 bits per heavy atom. The molecule has 0 radical (unpaired) electrons. The Morgan fingerprint density at radius 1 is 0.649 bits per heavy atom. The summed E-state index contributed by atoms with van der Waals surface area (Å²) in [6.07, 6.45) is 3.40. The third kappa shape index (κ3) is 7.68. The number of amides is 4. The van der Waals surface area contributed by atoms with Crippen LogP contribution < -0.4 is 9.97 Å². The number of carbonyl (C=O) groups is 6. The van der Waals surface area contributed by atoms with Crippen molar-refractivity contribution in [3.8, 4) is 0 Å². The summed E-state index contributed by atoms with van der Waals surface area (Å²) in [6.45, 7) is 15.8. The summed E-state index contributed by atoms with van der Waals surface area (Å²) < 4.78 is 0. The number of aryl methyl sites for hydroxylation is 3. The van der Waals surface area contributed by atoms with Gasteiger partial charge in [-0.3, -0.25) is 19.2 Å². The molecule has 4 amide bonds. The van der Waals surface area contributed by atoms with E-state index in [4.69, 9.17) is 29.6 Å². The fourth-order valence-electron chi connectivity index (χ4n) is 7.21. The number of hydrogen-bond donors (Lipinski definition) is 0. The van der Waals surface area contributed by atoms with Crippen LogP contribution >= 0.6 is 0 Å². The molecule has 0 aliphatic carbocycles. The minimum atomic E-state index is -0.754. The van der Waals surface area contributed by atoms with Crippen LogP contribution in [0.15, 0.2) is 43.5 Å². The average Bonchev–Trinajstić information content (AvgIpc) is 3.96. The third-order valence-electron chi connectivity index (χ3n) is 10.4. The first kappa shape index (κ1) is 40.5. The van der Waals surface area contributed by atoms with Gasteiger partial charge in [0.2, 0.25) is 0 Å². The molecule has 2 saturated heterocycles. The Bertz CT molecular complexity index is 2530. The molecule has 3 aromatic rings. The molecule has 0 atom stereocenters. The fourth-order valence-corrected chi connectivity index (χ4v) is 7.21. The normalized spacial score (nSPS) is 15.4. The van der Waals surface area contributed by atoms with E-state index < -0.39 is 35.6 Å². The first-order valence-electron chi connectivity index (χ1n) is 18.2. The Hall–Kier alpha value is -6.18. The van der Waals surface area contributed by atoms with Gasteiger partial charge in [-0.1, -0.05) is 66.3 Å². The molecule has 292 valence electrons. The van der Waals surface area contributed by atoms with Gasteiger partial charge in [0.1, 0.15) is 0 Å². The van der Waals surface area contributed by atoms with E-state index in [9.17, 15) is 28.8 Å². The predicted octanol–water partition coefficient (Wildman–Crippen LogP) is 5.80. The molecule has 4 aliphatic rings. The van der Waals surface area contributed by atoms with Crippen molar-refractivity contribution in [3.63, 3.8) is 0 Å². The molecular formula is C42H38FeN6O8. The molecule has 0 N–H and O–H groups in total. The SMILES string of the molecule is C=CC1=C(C)c2cc3[n-]c(cc4nc(cc5[n-]c(cc1n2)c(C)c5CCC(=O)ON1C(=O)CCC1=O)C(CCC(=O)ON1C(=O)CCC1=O)=C4C)c(C)c3C=C.[Fe+2]. The molecule has 7 rings (SSSR count). The summed E-state index contributed by atoms with van der Waals surface area (Å²) in [5.41, 5.74) is 11.2. The van der Waals surface area contributed by atoms with Gasteiger partial charge in [-0.15, -0.1) is 32.2 Å². The molecule has 7 heterocycles. The van der Waals surface area contributed by atoms with Crippen molar-refractivity contribution in [2.45, 2.75) is 79.1 Å². The van der Waals surface area contributed by atoms with Crippen LogP contribution in [0, 0.1) is 13.8 Å². The van der Waals surface area contributed by atoms with Crippen LogP contribution in [-0.2, 0) is 61.9 Å². The van der Waals surface area contributed by atoms with Crippen LogP contribution in [0.25, 0.3) is 50.4 Å². The topological polar surface area (TPSA) is 181 Å². The molecule has 0 aromatic carbocycles. The first-order chi connectivity index (χ1) is 26.8. The summed E-state index contributed by atoms with van der Waals surface area (Å²) in [5, 5.41) is 1.05. The summed E-state index contributed by atoms with van der Waals surface area (Å²) in [7, 11) is 0. The van der Waals surface area contributed by atoms with Crippen LogP contribution in [0.5, 0.6) is 0 Å². The number of carbonyl (C=O) groups excluding carboxylic acids is 6. The van der Waals surface area contributed by atoms with Crippen molar-refractivity contribution < 1.29 is 55.5 Å². The molecule has 57 heavy (non-hydrogen) atoms. The maximum Gasteiger partial charge on any atom is 2.00 e. The molecule has 0 saturated carbocycles. The summed E-state index contributed by atoms with van der Waals surface area (Å²) in [6, 6.07) is 7.42. The minimum Gasteiger partial charge on any atom is -0.657 e. The average molecular weight is 811 g/mol. The second-order valence-electron chi connectivity index (χ2n) is 13.9. The van der Waals surface area contributed by atoms with Gasteiger partial charge in [0.25, 0.3) is 23.6 Å². The van der Waals surface area contributed by atoms with Crippen LogP contribution in [-0.4, -0.2) is 55.7 Å². The minimum absolute atomic E-state index is 0. The molecule has 15 heteroatoms. The van der Waals surface area contributed by atoms with Gasteiger partial charge in [0, 0.05) is 31.3 Å². The van der Waals surface area contributed by atoms with Crippen molar-refractivity contribution in [1.29, 1.82) is 0 Å². The van der Waals surface area contributed by atoms with Gasteiger partial charge < -0.3 is 19.6 Å². The van der Waals surface area contributed by atoms with E-state index in [-0.39, 0.29) is 68.4 Å². The molecular weight excluding hydrogens is 772 g/mol. The number of hydroxylamine groups is 4. The number of rotatable bonds is 10. The monoisotopic (exact) mass is 810 g/mol. The second kappa shape index (κ2) is 16.1. The molecule has 3 aromatic heterocycles. The number of hydrogen-bond acceptors (Lipinski definition) is 10. The summed E-state index contributed by atoms with van der Waals surface area (Å²) in [5.74, 6) is -3.78. The van der Waals surface area contributed by atoms with Gasteiger partial charge in [0.05, 0.1) is 35.6 Å². The van der Waals surface area contributed by atoms with Gasteiger partial charge >= 0.3 is 29.0 Å². The zero-order valence-corrected chi connectivity index (χ0v) is 32.9. The van der Waals surface area contributed by atoms with E-state index in [0.717, 1.165) is 33.4 Å². The summed E-state index contributed by atoms with van der Waals surface area (Å²) >= 11 is 0. The van der Waals surface area contributed by atoms with Crippen molar-refractivity contribution in [1.82, 2.24) is 30.1 Å². The smallest absolute Gasteiger partial charge is 0.657 e. The molecule has 8 bridgehead atoms. The quantitative estimate of drug-likeness (QED) is 0.178. The van der Waals surface area contributed by atoms with E-state index in [0.29, 0.717) is 66.1 Å². The molecule has 14 nitrogen and oxygen atoms in total. The van der Waals surface area contributed by atoms with Crippen molar-refractivity contribution >= 4 is 86.0 Å². The van der Waals surface area contributed by atoms with Crippen LogP contribution in [0.3, 0.4) is 0 Å². The van der Waals surface area contributed by atoms with E-state index in [1.807, 2.05) is 45.9 Å². The predicted molar refractivity (Wildman–Crippen MR) is 206 cm³/mol. The Labute approximate surface area is 338 Å². The van der Waals surface area contributed by atoms with Gasteiger partial charge in [-0.2, -0.15) is 0 Å². The van der Waals surface area contributed by atoms with Gasteiger partial charge in [-0.25, -0.2) is 19.6 Å². The zero-order chi connectivity index (χ0) is 40.0. The van der Waals surface area contributed by atoms with Crippen molar-refractivity contribution in [3.05, 3.63) is 88.5 Å². The maximum atomic E-state index is 13.0. The van der Waals surface area contributed by atoms with Crippen LogP contribution in [0.4, 0.5) is 0 Å².